The van der Waals surface area contributed by atoms with Gasteiger partial charge in [0.1, 0.15) is 5.75 Å². The van der Waals surface area contributed by atoms with E-state index in [-0.39, 0.29) is 16.9 Å². The quantitative estimate of drug-likeness (QED) is 0.630. The van der Waals surface area contributed by atoms with Crippen LogP contribution in [-0.2, 0) is 4.79 Å². The van der Waals surface area contributed by atoms with Crippen LogP contribution in [0.15, 0.2) is 42.5 Å². The molecular formula is C17H19NO5S. The van der Waals surface area contributed by atoms with Crippen molar-refractivity contribution in [2.75, 3.05) is 25.3 Å². The van der Waals surface area contributed by atoms with Crippen LogP contribution in [0.4, 0.5) is 5.69 Å². The number of hydrogen-bond acceptors (Lipinski definition) is 6. The number of hydrogen-bond donors (Lipinski definition) is 3. The first kappa shape index (κ1) is 17.8. The third kappa shape index (κ3) is 4.48. The summed E-state index contributed by atoms with van der Waals surface area (Å²) in [5.41, 5.74) is 1.52. The Morgan fingerprint density at radius 1 is 1.17 bits per heavy atom. The van der Waals surface area contributed by atoms with Crippen molar-refractivity contribution in [1.29, 1.82) is 0 Å². The van der Waals surface area contributed by atoms with Gasteiger partial charge in [-0.05, 0) is 29.8 Å². The summed E-state index contributed by atoms with van der Waals surface area (Å²) in [7, 11) is 3.04. The zero-order chi connectivity index (χ0) is 17.5. The first-order chi connectivity index (χ1) is 11.5. The maximum atomic E-state index is 10.9. The van der Waals surface area contributed by atoms with E-state index >= 15 is 0 Å². The van der Waals surface area contributed by atoms with Gasteiger partial charge in [-0.15, -0.1) is 11.8 Å². The molecule has 1 unspecified atom stereocenters. The van der Waals surface area contributed by atoms with Crippen molar-refractivity contribution >= 4 is 23.4 Å². The normalized spacial score (nSPS) is 11.6. The summed E-state index contributed by atoms with van der Waals surface area (Å²) in [6, 6.07) is 12.3. The molecule has 0 aliphatic heterocycles. The van der Waals surface area contributed by atoms with E-state index in [9.17, 15) is 9.90 Å². The van der Waals surface area contributed by atoms with E-state index in [1.54, 1.807) is 19.2 Å². The minimum absolute atomic E-state index is 0.0283. The number of carboxylic acids is 1. The summed E-state index contributed by atoms with van der Waals surface area (Å²) >= 11 is 1.22. The molecule has 6 nitrogen and oxygen atoms in total. The number of phenols is 1. The Labute approximate surface area is 144 Å². The van der Waals surface area contributed by atoms with Crippen molar-refractivity contribution < 1.29 is 24.5 Å². The van der Waals surface area contributed by atoms with Crippen LogP contribution in [0.5, 0.6) is 17.2 Å². The number of nitrogens with one attached hydrogen (secondary N) is 1. The number of anilines is 1. The van der Waals surface area contributed by atoms with E-state index in [1.807, 2.05) is 24.3 Å². The molecule has 7 heteroatoms. The molecule has 2 aromatic rings. The zero-order valence-electron chi connectivity index (χ0n) is 13.4. The standard InChI is InChI=1S/C17H19NO5S/c1-22-14-6-4-3-5-12(14)18-17(24-10-16(20)21)11-7-8-13(19)15(9-11)23-2/h3-9,17-19H,10H2,1-2H3,(H,20,21). The minimum Gasteiger partial charge on any atom is -0.504 e. The SMILES string of the molecule is COc1cc(C(Nc2ccccc2OC)SCC(=O)O)ccc1O. The van der Waals surface area contributed by atoms with Crippen LogP contribution in [0.2, 0.25) is 0 Å². The van der Waals surface area contributed by atoms with Crippen molar-refractivity contribution in [3.8, 4) is 17.2 Å². The van der Waals surface area contributed by atoms with Gasteiger partial charge in [-0.3, -0.25) is 4.79 Å². The summed E-state index contributed by atoms with van der Waals surface area (Å²) in [5, 5.41) is 21.6. The summed E-state index contributed by atoms with van der Waals surface area (Å²) in [4.78, 5) is 10.9. The van der Waals surface area contributed by atoms with Gasteiger partial charge in [0.25, 0.3) is 0 Å². The maximum absolute atomic E-state index is 10.9. The second kappa shape index (κ2) is 8.35. The average Bonchev–Trinajstić information content (AvgIpc) is 2.59. The fourth-order valence-electron chi connectivity index (χ4n) is 2.14. The topological polar surface area (TPSA) is 88.0 Å². The summed E-state index contributed by atoms with van der Waals surface area (Å²) < 4.78 is 10.4. The summed E-state index contributed by atoms with van der Waals surface area (Å²) in [6.45, 7) is 0. The average molecular weight is 349 g/mol. The second-order valence-corrected chi connectivity index (χ2v) is 5.95. The number of aliphatic carboxylic acids is 1. The Hall–Kier alpha value is -2.54. The number of phenolic OH excluding ortho intramolecular Hbond substituents is 1. The lowest BCUT2D eigenvalue weighted by Crippen LogP contribution is -2.11. The fraction of sp³-hybridized carbons (Fsp3) is 0.235. The number of carboxylic acid groups (broad SMARTS) is 1. The summed E-state index contributed by atoms with van der Waals surface area (Å²) in [6.07, 6.45) is 0. The summed E-state index contributed by atoms with van der Waals surface area (Å²) in [5.74, 6) is 0.0354. The van der Waals surface area contributed by atoms with Gasteiger partial charge >= 0.3 is 5.97 Å². The van der Waals surface area contributed by atoms with Crippen LogP contribution < -0.4 is 14.8 Å². The van der Waals surface area contributed by atoms with Crippen molar-refractivity contribution in [2.24, 2.45) is 0 Å². The van der Waals surface area contributed by atoms with Gasteiger partial charge in [-0.1, -0.05) is 18.2 Å². The van der Waals surface area contributed by atoms with Crippen LogP contribution in [0.25, 0.3) is 0 Å². The largest absolute Gasteiger partial charge is 0.504 e. The van der Waals surface area contributed by atoms with Gasteiger partial charge < -0.3 is 25.0 Å². The van der Waals surface area contributed by atoms with E-state index in [2.05, 4.69) is 5.32 Å². The lowest BCUT2D eigenvalue weighted by atomic mass is 10.2. The maximum Gasteiger partial charge on any atom is 0.313 e. The van der Waals surface area contributed by atoms with Crippen LogP contribution in [0.1, 0.15) is 10.9 Å². The number of thioether (sulfide) groups is 1. The van der Waals surface area contributed by atoms with Gasteiger partial charge in [0.05, 0.1) is 31.0 Å². The molecule has 0 bridgehead atoms. The molecule has 0 spiro atoms. The first-order valence-electron chi connectivity index (χ1n) is 7.15. The highest BCUT2D eigenvalue weighted by Crippen LogP contribution is 2.37. The van der Waals surface area contributed by atoms with Gasteiger partial charge in [0.2, 0.25) is 0 Å². The number of rotatable bonds is 8. The van der Waals surface area contributed by atoms with Gasteiger partial charge in [0, 0.05) is 0 Å². The highest BCUT2D eigenvalue weighted by atomic mass is 32.2. The van der Waals surface area contributed by atoms with E-state index in [1.165, 1.54) is 24.9 Å². The van der Waals surface area contributed by atoms with Gasteiger partial charge in [-0.25, -0.2) is 0 Å². The predicted octanol–water partition coefficient (Wildman–Crippen LogP) is 3.34. The molecule has 0 aromatic heterocycles. The Bertz CT molecular complexity index is 707. The van der Waals surface area contributed by atoms with Crippen molar-refractivity contribution in [1.82, 2.24) is 0 Å². The molecule has 2 aromatic carbocycles. The Balaban J connectivity index is 2.32. The molecule has 0 aliphatic rings. The molecule has 0 saturated heterocycles. The Morgan fingerprint density at radius 2 is 1.88 bits per heavy atom. The zero-order valence-corrected chi connectivity index (χ0v) is 14.2. The molecule has 1 atom stereocenters. The molecule has 0 amide bonds. The smallest absolute Gasteiger partial charge is 0.313 e. The predicted molar refractivity (Wildman–Crippen MR) is 94.1 cm³/mol. The van der Waals surface area contributed by atoms with E-state index < -0.39 is 5.97 Å². The van der Waals surface area contributed by atoms with Crippen molar-refractivity contribution in [3.05, 3.63) is 48.0 Å². The van der Waals surface area contributed by atoms with Gasteiger partial charge in [-0.2, -0.15) is 0 Å². The van der Waals surface area contributed by atoms with E-state index in [4.69, 9.17) is 14.6 Å². The molecular weight excluding hydrogens is 330 g/mol. The third-order valence-electron chi connectivity index (χ3n) is 3.27. The van der Waals surface area contributed by atoms with Crippen LogP contribution in [0, 0.1) is 0 Å². The number of methoxy groups -OCH3 is 2. The molecule has 0 heterocycles. The number of para-hydroxylation sites is 2. The third-order valence-corrected chi connectivity index (χ3v) is 4.41. The number of ether oxygens (including phenoxy) is 2. The number of carbonyl (C=O) groups is 1. The molecule has 24 heavy (non-hydrogen) atoms. The van der Waals surface area contributed by atoms with Crippen molar-refractivity contribution in [2.45, 2.75) is 5.37 Å². The molecule has 128 valence electrons. The second-order valence-electron chi connectivity index (χ2n) is 4.86. The number of benzene rings is 2. The molecule has 0 fully saturated rings. The van der Waals surface area contributed by atoms with Crippen LogP contribution in [-0.4, -0.2) is 36.2 Å². The molecule has 0 saturated carbocycles. The first-order valence-corrected chi connectivity index (χ1v) is 8.20. The molecule has 0 aliphatic carbocycles. The monoisotopic (exact) mass is 349 g/mol. The van der Waals surface area contributed by atoms with E-state index in [0.717, 1.165) is 11.3 Å². The highest BCUT2D eigenvalue weighted by Gasteiger charge is 2.17. The van der Waals surface area contributed by atoms with E-state index in [0.29, 0.717) is 11.5 Å². The Kier molecular flexibility index (Phi) is 6.20. The molecule has 3 N–H and O–H groups in total. The Morgan fingerprint density at radius 3 is 2.54 bits per heavy atom. The lowest BCUT2D eigenvalue weighted by molar-refractivity contribution is -0.133. The van der Waals surface area contributed by atoms with Crippen LogP contribution in [0.3, 0.4) is 0 Å². The van der Waals surface area contributed by atoms with Gasteiger partial charge in [0.15, 0.2) is 11.5 Å². The molecule has 2 rings (SSSR count). The minimum atomic E-state index is -0.905. The lowest BCUT2D eigenvalue weighted by Gasteiger charge is -2.21. The number of aromatic hydroxyl groups is 1. The van der Waals surface area contributed by atoms with Crippen molar-refractivity contribution in [3.63, 3.8) is 0 Å². The molecule has 0 radical (unpaired) electrons. The highest BCUT2D eigenvalue weighted by molar-refractivity contribution is 8.00. The van der Waals surface area contributed by atoms with Crippen LogP contribution >= 0.6 is 11.8 Å². The fourth-order valence-corrected chi connectivity index (χ4v) is 3.00.